The Morgan fingerprint density at radius 3 is 2.12 bits per heavy atom. The molecule has 25 heavy (non-hydrogen) atoms. The molecule has 0 radical (unpaired) electrons. The summed E-state index contributed by atoms with van der Waals surface area (Å²) in [6, 6.07) is 15.0. The van der Waals surface area contributed by atoms with Crippen LogP contribution in [0.2, 0.25) is 0 Å². The second-order valence-electron chi connectivity index (χ2n) is 6.13. The molecule has 1 fully saturated rings. The number of methoxy groups -OCH3 is 2. The van der Waals surface area contributed by atoms with Gasteiger partial charge in [0.05, 0.1) is 33.4 Å². The summed E-state index contributed by atoms with van der Waals surface area (Å²) in [6.07, 6.45) is -0.135. The summed E-state index contributed by atoms with van der Waals surface area (Å²) >= 11 is 0. The number of carbonyl (C=O) groups excluding carboxylic acids is 1. The van der Waals surface area contributed by atoms with Gasteiger partial charge in [-0.05, 0) is 48.9 Å². The van der Waals surface area contributed by atoms with Gasteiger partial charge in [0.2, 0.25) is 0 Å². The largest absolute Gasteiger partial charge is 0.497 e. The van der Waals surface area contributed by atoms with Crippen molar-refractivity contribution in [3.8, 4) is 11.5 Å². The van der Waals surface area contributed by atoms with Crippen LogP contribution in [0, 0.1) is 0 Å². The molecular formula is C20H23NO4. The van der Waals surface area contributed by atoms with E-state index in [-0.39, 0.29) is 18.1 Å². The van der Waals surface area contributed by atoms with Crippen molar-refractivity contribution in [2.45, 2.75) is 19.1 Å². The molecular weight excluding hydrogens is 318 g/mol. The maximum absolute atomic E-state index is 12.9. The number of ether oxygens (including phenoxy) is 3. The van der Waals surface area contributed by atoms with Crippen LogP contribution in [0.4, 0.5) is 0 Å². The maximum Gasteiger partial charge on any atom is 0.254 e. The summed E-state index contributed by atoms with van der Waals surface area (Å²) in [5.74, 6) is 1.55. The Bertz CT molecular complexity index is 711. The highest BCUT2D eigenvalue weighted by Gasteiger charge is 2.31. The standard InChI is InChI=1S/C20H23NO4/c1-14-13-25-19(15-4-8-17(23-2)9-5-15)12-21(14)20(22)16-6-10-18(24-3)11-7-16/h4-11,14,19H,12-13H2,1-3H3. The van der Waals surface area contributed by atoms with Crippen molar-refractivity contribution < 1.29 is 19.0 Å². The third kappa shape index (κ3) is 3.77. The monoisotopic (exact) mass is 341 g/mol. The maximum atomic E-state index is 12.9. The average molecular weight is 341 g/mol. The lowest BCUT2D eigenvalue weighted by atomic mass is 10.0. The van der Waals surface area contributed by atoms with E-state index >= 15 is 0 Å². The first-order valence-electron chi connectivity index (χ1n) is 8.33. The Morgan fingerprint density at radius 2 is 1.56 bits per heavy atom. The van der Waals surface area contributed by atoms with Crippen LogP contribution < -0.4 is 9.47 Å². The summed E-state index contributed by atoms with van der Waals surface area (Å²) in [5, 5.41) is 0. The Morgan fingerprint density at radius 1 is 1.00 bits per heavy atom. The Balaban J connectivity index is 1.76. The van der Waals surface area contributed by atoms with Crippen molar-refractivity contribution >= 4 is 5.91 Å². The van der Waals surface area contributed by atoms with Crippen LogP contribution in [0.3, 0.4) is 0 Å². The van der Waals surface area contributed by atoms with E-state index in [1.54, 1.807) is 38.5 Å². The minimum atomic E-state index is -0.135. The van der Waals surface area contributed by atoms with Gasteiger partial charge in [0, 0.05) is 5.56 Å². The van der Waals surface area contributed by atoms with Gasteiger partial charge >= 0.3 is 0 Å². The molecule has 0 bridgehead atoms. The van der Waals surface area contributed by atoms with Crippen molar-refractivity contribution in [2.75, 3.05) is 27.4 Å². The Labute approximate surface area is 148 Å². The molecule has 5 nitrogen and oxygen atoms in total. The molecule has 1 heterocycles. The fraction of sp³-hybridized carbons (Fsp3) is 0.350. The van der Waals surface area contributed by atoms with Gasteiger partial charge in [-0.3, -0.25) is 4.79 Å². The number of benzene rings is 2. The molecule has 1 saturated heterocycles. The molecule has 0 spiro atoms. The predicted octanol–water partition coefficient (Wildman–Crippen LogP) is 3.31. The molecule has 2 aromatic rings. The van der Waals surface area contributed by atoms with Crippen LogP contribution in [0.25, 0.3) is 0 Å². The zero-order chi connectivity index (χ0) is 17.8. The molecule has 3 rings (SSSR count). The molecule has 2 aromatic carbocycles. The second kappa shape index (κ2) is 7.57. The van der Waals surface area contributed by atoms with Gasteiger partial charge < -0.3 is 19.1 Å². The van der Waals surface area contributed by atoms with Crippen molar-refractivity contribution in [1.82, 2.24) is 4.90 Å². The van der Waals surface area contributed by atoms with Crippen LogP contribution in [0.5, 0.6) is 11.5 Å². The van der Waals surface area contributed by atoms with Gasteiger partial charge in [-0.1, -0.05) is 12.1 Å². The molecule has 0 saturated carbocycles. The van der Waals surface area contributed by atoms with Crippen LogP contribution in [-0.4, -0.2) is 44.2 Å². The van der Waals surface area contributed by atoms with E-state index in [1.807, 2.05) is 36.1 Å². The van der Waals surface area contributed by atoms with Crippen LogP contribution in [0.1, 0.15) is 28.9 Å². The fourth-order valence-electron chi connectivity index (χ4n) is 2.96. The van der Waals surface area contributed by atoms with E-state index in [0.29, 0.717) is 18.7 Å². The SMILES string of the molecule is COc1ccc(C(=O)N2CC(c3ccc(OC)cc3)OCC2C)cc1. The third-order valence-corrected chi connectivity index (χ3v) is 4.52. The zero-order valence-corrected chi connectivity index (χ0v) is 14.8. The number of rotatable bonds is 4. The van der Waals surface area contributed by atoms with Crippen molar-refractivity contribution in [3.63, 3.8) is 0 Å². The average Bonchev–Trinajstić information content (AvgIpc) is 2.68. The van der Waals surface area contributed by atoms with E-state index in [4.69, 9.17) is 14.2 Å². The number of amides is 1. The summed E-state index contributed by atoms with van der Waals surface area (Å²) in [6.45, 7) is 3.04. The van der Waals surface area contributed by atoms with Gasteiger partial charge in [0.15, 0.2) is 0 Å². The van der Waals surface area contributed by atoms with Gasteiger partial charge in [-0.2, -0.15) is 0 Å². The summed E-state index contributed by atoms with van der Waals surface area (Å²) in [7, 11) is 3.25. The van der Waals surface area contributed by atoms with E-state index in [0.717, 1.165) is 17.1 Å². The summed E-state index contributed by atoms with van der Waals surface area (Å²) in [4.78, 5) is 14.8. The first-order valence-corrected chi connectivity index (χ1v) is 8.33. The summed E-state index contributed by atoms with van der Waals surface area (Å²) < 4.78 is 16.3. The number of hydrogen-bond donors (Lipinski definition) is 0. The second-order valence-corrected chi connectivity index (χ2v) is 6.13. The minimum absolute atomic E-state index is 0.0111. The molecule has 0 aliphatic carbocycles. The highest BCUT2D eigenvalue weighted by molar-refractivity contribution is 5.94. The van der Waals surface area contributed by atoms with Gasteiger partial charge in [-0.25, -0.2) is 0 Å². The minimum Gasteiger partial charge on any atom is -0.497 e. The molecule has 1 aliphatic rings. The molecule has 132 valence electrons. The van der Waals surface area contributed by atoms with E-state index in [1.165, 1.54) is 0 Å². The first kappa shape index (κ1) is 17.3. The van der Waals surface area contributed by atoms with E-state index in [2.05, 4.69) is 0 Å². The number of morpholine rings is 1. The third-order valence-electron chi connectivity index (χ3n) is 4.52. The molecule has 1 amide bonds. The van der Waals surface area contributed by atoms with Crippen molar-refractivity contribution in [1.29, 1.82) is 0 Å². The quantitative estimate of drug-likeness (QED) is 0.856. The van der Waals surface area contributed by atoms with Crippen LogP contribution >= 0.6 is 0 Å². The highest BCUT2D eigenvalue weighted by Crippen LogP contribution is 2.27. The van der Waals surface area contributed by atoms with Crippen LogP contribution in [0.15, 0.2) is 48.5 Å². The lowest BCUT2D eigenvalue weighted by molar-refractivity contribution is -0.0486. The van der Waals surface area contributed by atoms with E-state index < -0.39 is 0 Å². The molecule has 2 unspecified atom stereocenters. The highest BCUT2D eigenvalue weighted by atomic mass is 16.5. The topological polar surface area (TPSA) is 48.0 Å². The lowest BCUT2D eigenvalue weighted by Crippen LogP contribution is -2.48. The van der Waals surface area contributed by atoms with Gasteiger partial charge in [0.25, 0.3) is 5.91 Å². The Kier molecular flexibility index (Phi) is 5.24. The summed E-state index contributed by atoms with van der Waals surface area (Å²) in [5.41, 5.74) is 1.70. The van der Waals surface area contributed by atoms with Crippen molar-refractivity contribution in [2.24, 2.45) is 0 Å². The van der Waals surface area contributed by atoms with Crippen LogP contribution in [-0.2, 0) is 4.74 Å². The Hall–Kier alpha value is -2.53. The molecule has 1 aliphatic heterocycles. The van der Waals surface area contributed by atoms with Gasteiger partial charge in [0.1, 0.15) is 17.6 Å². The van der Waals surface area contributed by atoms with E-state index in [9.17, 15) is 4.79 Å². The smallest absolute Gasteiger partial charge is 0.254 e. The molecule has 2 atom stereocenters. The molecule has 0 aromatic heterocycles. The van der Waals surface area contributed by atoms with Crippen molar-refractivity contribution in [3.05, 3.63) is 59.7 Å². The zero-order valence-electron chi connectivity index (χ0n) is 14.8. The lowest BCUT2D eigenvalue weighted by Gasteiger charge is -2.38. The predicted molar refractivity (Wildman–Crippen MR) is 95.2 cm³/mol. The molecule has 0 N–H and O–H groups in total. The molecule has 5 heteroatoms. The normalized spacial score (nSPS) is 20.2. The fourth-order valence-corrected chi connectivity index (χ4v) is 2.96. The number of nitrogens with zero attached hydrogens (tertiary/aromatic N) is 1. The number of carbonyl (C=O) groups is 1. The first-order chi connectivity index (χ1) is 12.1. The number of hydrogen-bond acceptors (Lipinski definition) is 4. The van der Waals surface area contributed by atoms with Gasteiger partial charge in [-0.15, -0.1) is 0 Å².